The van der Waals surface area contributed by atoms with Crippen LogP contribution in [0.5, 0.6) is 0 Å². The Labute approximate surface area is 57.1 Å². The molecule has 1 heteroatoms. The highest BCUT2D eigenvalue weighted by molar-refractivity contribution is 5.09. The fourth-order valence-corrected chi connectivity index (χ4v) is 1.84. The van der Waals surface area contributed by atoms with Crippen LogP contribution in [0.25, 0.3) is 0 Å². The molecule has 0 aromatic carbocycles. The van der Waals surface area contributed by atoms with Gasteiger partial charge in [0.25, 0.3) is 0 Å². The molecule has 0 saturated heterocycles. The third kappa shape index (κ3) is 0.710. The van der Waals surface area contributed by atoms with E-state index in [1.165, 1.54) is 0 Å². The molecule has 0 spiro atoms. The molecule has 0 bridgehead atoms. The van der Waals surface area contributed by atoms with Gasteiger partial charge in [-0.2, -0.15) is 0 Å². The van der Waals surface area contributed by atoms with E-state index in [1.54, 1.807) is 0 Å². The molecule has 1 rings (SSSR count). The van der Waals surface area contributed by atoms with Crippen LogP contribution in [0.2, 0.25) is 0 Å². The summed E-state index contributed by atoms with van der Waals surface area (Å²) in [6.07, 6.45) is 0. The molecule has 2 unspecified atom stereocenters. The van der Waals surface area contributed by atoms with Gasteiger partial charge in [0.2, 0.25) is 0 Å². The zero-order valence-electron chi connectivity index (χ0n) is 6.68. The molecular weight excluding hydrogens is 112 g/mol. The van der Waals surface area contributed by atoms with Crippen LogP contribution < -0.4 is 0 Å². The van der Waals surface area contributed by atoms with Gasteiger partial charge in [0.05, 0.1) is 5.60 Å². The Kier molecular flexibility index (Phi) is 1.35. The van der Waals surface area contributed by atoms with Crippen molar-refractivity contribution in [3.05, 3.63) is 0 Å². The Balaban J connectivity index is 2.60. The van der Waals surface area contributed by atoms with E-state index in [0.717, 1.165) is 0 Å². The van der Waals surface area contributed by atoms with E-state index >= 15 is 0 Å². The van der Waals surface area contributed by atoms with Crippen LogP contribution in [0, 0.1) is 17.8 Å². The summed E-state index contributed by atoms with van der Waals surface area (Å²) in [7, 11) is 0. The van der Waals surface area contributed by atoms with Gasteiger partial charge in [-0.25, -0.2) is 0 Å². The van der Waals surface area contributed by atoms with Crippen molar-refractivity contribution in [3.8, 4) is 0 Å². The van der Waals surface area contributed by atoms with Crippen molar-refractivity contribution in [3.63, 3.8) is 0 Å². The summed E-state index contributed by atoms with van der Waals surface area (Å²) in [5.74, 6) is 1.44. The van der Waals surface area contributed by atoms with Crippen molar-refractivity contribution in [1.82, 2.24) is 0 Å². The lowest BCUT2D eigenvalue weighted by molar-refractivity contribution is 0.0731. The topological polar surface area (TPSA) is 20.2 Å². The predicted octanol–water partition coefficient (Wildman–Crippen LogP) is 1.66. The SMILES string of the molecule is CC(C)C1(O)C(C)C1C. The van der Waals surface area contributed by atoms with Gasteiger partial charge in [-0.15, -0.1) is 0 Å². The Bertz CT molecular complexity index is 100. The number of aliphatic hydroxyl groups is 1. The van der Waals surface area contributed by atoms with Crippen LogP contribution >= 0.6 is 0 Å². The van der Waals surface area contributed by atoms with Crippen LogP contribution in [0.3, 0.4) is 0 Å². The normalized spacial score (nSPS) is 50.0. The standard InChI is InChI=1S/C8H16O/c1-5(2)8(9)6(3)7(8)4/h5-7,9H,1-4H3. The molecule has 1 N–H and O–H groups in total. The van der Waals surface area contributed by atoms with Crippen molar-refractivity contribution >= 4 is 0 Å². The Morgan fingerprint density at radius 3 is 1.56 bits per heavy atom. The fraction of sp³-hybridized carbons (Fsp3) is 1.00. The third-order valence-electron chi connectivity index (χ3n) is 3.02. The summed E-state index contributed by atoms with van der Waals surface area (Å²) in [4.78, 5) is 0. The molecule has 2 atom stereocenters. The van der Waals surface area contributed by atoms with Gasteiger partial charge >= 0.3 is 0 Å². The zero-order chi connectivity index (χ0) is 7.23. The van der Waals surface area contributed by atoms with E-state index < -0.39 is 0 Å². The third-order valence-corrected chi connectivity index (χ3v) is 3.02. The Hall–Kier alpha value is -0.0400. The second-order valence-corrected chi connectivity index (χ2v) is 3.62. The molecule has 1 saturated carbocycles. The first-order valence-electron chi connectivity index (χ1n) is 3.73. The van der Waals surface area contributed by atoms with E-state index in [1.807, 2.05) is 0 Å². The molecule has 9 heavy (non-hydrogen) atoms. The Morgan fingerprint density at radius 1 is 1.22 bits per heavy atom. The van der Waals surface area contributed by atoms with E-state index in [0.29, 0.717) is 17.8 Å². The van der Waals surface area contributed by atoms with Crippen LogP contribution in [0.1, 0.15) is 27.7 Å². The number of hydrogen-bond donors (Lipinski definition) is 1. The first-order valence-corrected chi connectivity index (χ1v) is 3.73. The lowest BCUT2D eigenvalue weighted by Gasteiger charge is -2.13. The van der Waals surface area contributed by atoms with E-state index in [4.69, 9.17) is 0 Å². The maximum Gasteiger partial charge on any atom is 0.0728 e. The minimum atomic E-state index is -0.333. The minimum Gasteiger partial charge on any atom is -0.389 e. The maximum absolute atomic E-state index is 9.74. The average molecular weight is 128 g/mol. The van der Waals surface area contributed by atoms with Crippen molar-refractivity contribution in [1.29, 1.82) is 0 Å². The second kappa shape index (κ2) is 1.72. The van der Waals surface area contributed by atoms with Crippen molar-refractivity contribution in [2.45, 2.75) is 33.3 Å². The summed E-state index contributed by atoms with van der Waals surface area (Å²) >= 11 is 0. The van der Waals surface area contributed by atoms with E-state index in [-0.39, 0.29) is 5.60 Å². The average Bonchev–Trinajstić information content (AvgIpc) is 2.22. The summed E-state index contributed by atoms with van der Waals surface area (Å²) in [5.41, 5.74) is -0.333. The van der Waals surface area contributed by atoms with Gasteiger partial charge in [-0.05, 0) is 17.8 Å². The molecule has 0 radical (unpaired) electrons. The Morgan fingerprint density at radius 2 is 1.56 bits per heavy atom. The first kappa shape index (κ1) is 7.07. The number of hydrogen-bond acceptors (Lipinski definition) is 1. The number of rotatable bonds is 1. The smallest absolute Gasteiger partial charge is 0.0728 e. The molecular formula is C8H16O. The monoisotopic (exact) mass is 128 g/mol. The highest BCUT2D eigenvalue weighted by Crippen LogP contribution is 2.54. The van der Waals surface area contributed by atoms with Gasteiger partial charge < -0.3 is 5.11 Å². The molecule has 1 nitrogen and oxygen atoms in total. The lowest BCUT2D eigenvalue weighted by Crippen LogP contribution is -2.20. The predicted molar refractivity (Wildman–Crippen MR) is 38.1 cm³/mol. The van der Waals surface area contributed by atoms with Gasteiger partial charge in [-0.1, -0.05) is 27.7 Å². The summed E-state index contributed by atoms with van der Waals surface area (Å²) < 4.78 is 0. The molecule has 0 aliphatic heterocycles. The lowest BCUT2D eigenvalue weighted by atomic mass is 10.0. The summed E-state index contributed by atoms with van der Waals surface area (Å²) in [6.45, 7) is 8.40. The summed E-state index contributed by atoms with van der Waals surface area (Å²) in [6, 6.07) is 0. The van der Waals surface area contributed by atoms with Crippen LogP contribution in [0.15, 0.2) is 0 Å². The van der Waals surface area contributed by atoms with Gasteiger partial charge in [0, 0.05) is 0 Å². The largest absolute Gasteiger partial charge is 0.389 e. The molecule has 1 fully saturated rings. The van der Waals surface area contributed by atoms with E-state index in [9.17, 15) is 5.11 Å². The van der Waals surface area contributed by atoms with Crippen LogP contribution in [-0.4, -0.2) is 10.7 Å². The van der Waals surface area contributed by atoms with Gasteiger partial charge in [-0.3, -0.25) is 0 Å². The van der Waals surface area contributed by atoms with Crippen molar-refractivity contribution in [2.75, 3.05) is 0 Å². The van der Waals surface area contributed by atoms with Gasteiger partial charge in [0.1, 0.15) is 0 Å². The maximum atomic E-state index is 9.74. The molecule has 0 aromatic rings. The molecule has 1 aliphatic carbocycles. The van der Waals surface area contributed by atoms with Gasteiger partial charge in [0.15, 0.2) is 0 Å². The quantitative estimate of drug-likeness (QED) is 0.569. The zero-order valence-corrected chi connectivity index (χ0v) is 6.68. The second-order valence-electron chi connectivity index (χ2n) is 3.62. The first-order chi connectivity index (χ1) is 4.01. The molecule has 0 heterocycles. The van der Waals surface area contributed by atoms with Crippen LogP contribution in [0.4, 0.5) is 0 Å². The minimum absolute atomic E-state index is 0.333. The molecule has 0 aromatic heterocycles. The highest BCUT2D eigenvalue weighted by Gasteiger charge is 2.59. The molecule has 1 aliphatic rings. The highest BCUT2D eigenvalue weighted by atomic mass is 16.3. The van der Waals surface area contributed by atoms with Crippen molar-refractivity contribution < 1.29 is 5.11 Å². The summed E-state index contributed by atoms with van der Waals surface area (Å²) in [5, 5.41) is 9.74. The van der Waals surface area contributed by atoms with E-state index in [2.05, 4.69) is 27.7 Å². The van der Waals surface area contributed by atoms with Crippen LogP contribution in [-0.2, 0) is 0 Å². The molecule has 0 amide bonds. The fourth-order valence-electron chi connectivity index (χ4n) is 1.84. The van der Waals surface area contributed by atoms with Crippen molar-refractivity contribution in [2.24, 2.45) is 17.8 Å². The molecule has 54 valence electrons.